The summed E-state index contributed by atoms with van der Waals surface area (Å²) in [6, 6.07) is 13.8. The van der Waals surface area contributed by atoms with E-state index in [1.54, 1.807) is 19.0 Å². The molecule has 1 atom stereocenters. The molecule has 2 rings (SSSR count). The highest BCUT2D eigenvalue weighted by molar-refractivity contribution is 5.88. The van der Waals surface area contributed by atoms with Crippen molar-refractivity contribution in [2.45, 2.75) is 12.5 Å². The number of hydrogen-bond donors (Lipinski definition) is 2. The Hall–Kier alpha value is -1.78. The van der Waals surface area contributed by atoms with Crippen LogP contribution in [0.25, 0.3) is 10.8 Å². The summed E-state index contributed by atoms with van der Waals surface area (Å²) in [7, 11) is 3.58. The van der Waals surface area contributed by atoms with Gasteiger partial charge in [0.15, 0.2) is 0 Å². The van der Waals surface area contributed by atoms with Gasteiger partial charge >= 0.3 is 0 Å². The quantitative estimate of drug-likeness (QED) is 0.659. The smallest absolute Gasteiger partial charge is 0.127 e. The van der Waals surface area contributed by atoms with Crippen LogP contribution in [0.4, 0.5) is 0 Å². The molecule has 2 aromatic rings. The first-order valence-corrected chi connectivity index (χ1v) is 6.61. The molecule has 0 amide bonds. The van der Waals surface area contributed by atoms with Crippen molar-refractivity contribution >= 4 is 29.0 Å². The molecule has 0 spiro atoms. The number of amidine groups is 1. The number of hydrogen-bond acceptors (Lipinski definition) is 3. The number of ether oxygens (including phenoxy) is 1. The lowest BCUT2D eigenvalue weighted by Gasteiger charge is -2.18. The molecule has 0 saturated carbocycles. The Labute approximate surface area is 131 Å². The second kappa shape index (κ2) is 7.86. The molecule has 0 radical (unpaired) electrons. The van der Waals surface area contributed by atoms with Gasteiger partial charge in [0, 0.05) is 25.9 Å². The van der Waals surface area contributed by atoms with E-state index < -0.39 is 6.10 Å². The molecule has 0 aromatic heterocycles. The van der Waals surface area contributed by atoms with E-state index in [9.17, 15) is 5.11 Å². The number of aliphatic hydroxyl groups is 1. The molecule has 0 aliphatic heterocycles. The average molecular weight is 309 g/mol. The summed E-state index contributed by atoms with van der Waals surface area (Å²) >= 11 is 0. The minimum Gasteiger partial charge on any atom is -0.490 e. The number of rotatable bonds is 5. The molecule has 1 unspecified atom stereocenters. The Morgan fingerprint density at radius 2 is 1.86 bits per heavy atom. The minimum atomic E-state index is -0.677. The Morgan fingerprint density at radius 3 is 2.57 bits per heavy atom. The lowest BCUT2D eigenvalue weighted by atomic mass is 10.1. The number of aliphatic hydroxyl groups excluding tert-OH is 1. The summed E-state index contributed by atoms with van der Waals surface area (Å²) in [5, 5.41) is 19.8. The van der Waals surface area contributed by atoms with Crippen molar-refractivity contribution in [2.24, 2.45) is 0 Å². The summed E-state index contributed by atoms with van der Waals surface area (Å²) in [4.78, 5) is 1.68. The van der Waals surface area contributed by atoms with E-state index in [0.29, 0.717) is 5.84 Å². The van der Waals surface area contributed by atoms with Crippen LogP contribution in [0, 0.1) is 5.41 Å². The highest BCUT2D eigenvalue weighted by Gasteiger charge is 2.11. The van der Waals surface area contributed by atoms with Crippen LogP contribution >= 0.6 is 12.4 Å². The zero-order valence-electron chi connectivity index (χ0n) is 12.2. The van der Waals surface area contributed by atoms with E-state index in [2.05, 4.69) is 0 Å². The van der Waals surface area contributed by atoms with Crippen LogP contribution in [-0.2, 0) is 0 Å². The van der Waals surface area contributed by atoms with Crippen LogP contribution in [0.3, 0.4) is 0 Å². The van der Waals surface area contributed by atoms with Crippen molar-refractivity contribution in [2.75, 3.05) is 20.7 Å². The molecular weight excluding hydrogens is 288 g/mol. The third-order valence-corrected chi connectivity index (χ3v) is 3.15. The Morgan fingerprint density at radius 1 is 1.19 bits per heavy atom. The van der Waals surface area contributed by atoms with Gasteiger partial charge in [-0.05, 0) is 11.5 Å². The number of fused-ring (bicyclic) bond motifs is 1. The molecule has 0 fully saturated rings. The van der Waals surface area contributed by atoms with Crippen LogP contribution in [-0.4, -0.2) is 42.6 Å². The predicted molar refractivity (Wildman–Crippen MR) is 88.7 cm³/mol. The highest BCUT2D eigenvalue weighted by atomic mass is 35.5. The zero-order valence-corrected chi connectivity index (χ0v) is 13.1. The molecular formula is C16H21ClN2O2. The molecule has 0 bridgehead atoms. The molecule has 2 N–H and O–H groups in total. The van der Waals surface area contributed by atoms with Crippen LogP contribution in [0.15, 0.2) is 42.5 Å². The molecule has 0 aliphatic rings. The second-order valence-electron chi connectivity index (χ2n) is 4.99. The third-order valence-electron chi connectivity index (χ3n) is 3.15. The number of nitrogens with one attached hydrogen (secondary N) is 1. The molecule has 2 aromatic carbocycles. The molecule has 0 saturated heterocycles. The zero-order chi connectivity index (χ0) is 14.5. The minimum absolute atomic E-state index is 0. The van der Waals surface area contributed by atoms with Gasteiger partial charge in [-0.25, -0.2) is 0 Å². The first-order chi connectivity index (χ1) is 9.58. The van der Waals surface area contributed by atoms with Gasteiger partial charge in [-0.15, -0.1) is 12.4 Å². The van der Waals surface area contributed by atoms with Crippen molar-refractivity contribution in [3.8, 4) is 5.75 Å². The number of benzene rings is 2. The van der Waals surface area contributed by atoms with E-state index in [4.69, 9.17) is 10.1 Å². The predicted octanol–water partition coefficient (Wildman–Crippen LogP) is 2.93. The Bertz CT molecular complexity index is 596. The van der Waals surface area contributed by atoms with E-state index in [-0.39, 0.29) is 25.4 Å². The highest BCUT2D eigenvalue weighted by Crippen LogP contribution is 2.25. The molecule has 0 aliphatic carbocycles. The fourth-order valence-electron chi connectivity index (χ4n) is 1.97. The maximum absolute atomic E-state index is 9.91. The first-order valence-electron chi connectivity index (χ1n) is 6.61. The van der Waals surface area contributed by atoms with Crippen LogP contribution in [0.5, 0.6) is 5.75 Å². The molecule has 21 heavy (non-hydrogen) atoms. The summed E-state index contributed by atoms with van der Waals surface area (Å²) in [6.45, 7) is 0.185. The van der Waals surface area contributed by atoms with E-state index in [0.717, 1.165) is 16.5 Å². The summed E-state index contributed by atoms with van der Waals surface area (Å²) in [5.41, 5.74) is 0. The van der Waals surface area contributed by atoms with Gasteiger partial charge in [-0.1, -0.05) is 36.4 Å². The summed E-state index contributed by atoms with van der Waals surface area (Å²) in [5.74, 6) is 1.15. The van der Waals surface area contributed by atoms with Crippen LogP contribution in [0.1, 0.15) is 6.42 Å². The standard InChI is InChI=1S/C16H20N2O2.ClH/c1-18(2)16(17)10-13(19)11-20-15-9-5-7-12-6-3-4-8-14(12)15;/h3-9,13,17,19H,10-11H2,1-2H3;1H. The summed E-state index contributed by atoms with van der Waals surface area (Å²) < 4.78 is 5.70. The van der Waals surface area contributed by atoms with Crippen molar-refractivity contribution in [3.05, 3.63) is 42.5 Å². The van der Waals surface area contributed by atoms with Gasteiger partial charge < -0.3 is 14.7 Å². The topological polar surface area (TPSA) is 56.6 Å². The number of halogens is 1. The van der Waals surface area contributed by atoms with Crippen molar-refractivity contribution < 1.29 is 9.84 Å². The van der Waals surface area contributed by atoms with Crippen molar-refractivity contribution in [1.29, 1.82) is 5.41 Å². The number of nitrogens with zero attached hydrogens (tertiary/aromatic N) is 1. The van der Waals surface area contributed by atoms with E-state index >= 15 is 0 Å². The SMILES string of the molecule is CN(C)C(=N)CC(O)COc1cccc2ccccc12.Cl. The van der Waals surface area contributed by atoms with Crippen molar-refractivity contribution in [1.82, 2.24) is 4.90 Å². The monoisotopic (exact) mass is 308 g/mol. The van der Waals surface area contributed by atoms with Gasteiger partial charge in [-0.2, -0.15) is 0 Å². The molecule has 114 valence electrons. The molecule has 5 heteroatoms. The Balaban J connectivity index is 0.00000220. The van der Waals surface area contributed by atoms with Gasteiger partial charge in [0.25, 0.3) is 0 Å². The Kier molecular flexibility index (Phi) is 6.46. The maximum Gasteiger partial charge on any atom is 0.127 e. The average Bonchev–Trinajstić information content (AvgIpc) is 2.44. The van der Waals surface area contributed by atoms with Crippen molar-refractivity contribution in [3.63, 3.8) is 0 Å². The second-order valence-corrected chi connectivity index (χ2v) is 4.99. The van der Waals surface area contributed by atoms with Gasteiger partial charge in [0.05, 0.1) is 11.9 Å². The normalized spacial score (nSPS) is 11.6. The van der Waals surface area contributed by atoms with E-state index in [1.165, 1.54) is 0 Å². The first kappa shape index (κ1) is 17.3. The molecule has 0 heterocycles. The maximum atomic E-state index is 9.91. The molecule has 4 nitrogen and oxygen atoms in total. The van der Waals surface area contributed by atoms with Crippen LogP contribution < -0.4 is 4.74 Å². The lowest BCUT2D eigenvalue weighted by molar-refractivity contribution is 0.112. The van der Waals surface area contributed by atoms with Gasteiger partial charge in [-0.3, -0.25) is 5.41 Å². The van der Waals surface area contributed by atoms with Gasteiger partial charge in [0.2, 0.25) is 0 Å². The fraction of sp³-hybridized carbons (Fsp3) is 0.312. The lowest BCUT2D eigenvalue weighted by Crippen LogP contribution is -2.28. The van der Waals surface area contributed by atoms with E-state index in [1.807, 2.05) is 42.5 Å². The largest absolute Gasteiger partial charge is 0.490 e. The summed E-state index contributed by atoms with van der Waals surface area (Å²) in [6.07, 6.45) is -0.388. The van der Waals surface area contributed by atoms with Crippen LogP contribution in [0.2, 0.25) is 0 Å². The fourth-order valence-corrected chi connectivity index (χ4v) is 1.97. The third kappa shape index (κ3) is 4.62. The van der Waals surface area contributed by atoms with Gasteiger partial charge in [0.1, 0.15) is 12.4 Å².